The molecule has 0 spiro atoms. The third-order valence-electron chi connectivity index (χ3n) is 9.78. The zero-order valence-electron chi connectivity index (χ0n) is 26.8. The molecule has 0 bridgehead atoms. The average molecular weight is 607 g/mol. The van der Waals surface area contributed by atoms with E-state index >= 15 is 0 Å². The van der Waals surface area contributed by atoms with Crippen LogP contribution in [-0.4, -0.2) is 11.2 Å². The molecule has 228 valence electrons. The van der Waals surface area contributed by atoms with Crippen molar-refractivity contribution in [3.8, 4) is 22.3 Å². The maximum atomic E-state index is 4.87. The number of rotatable bonds is 4. The van der Waals surface area contributed by atoms with Crippen molar-refractivity contribution in [1.82, 2.24) is 4.98 Å². The first-order valence-corrected chi connectivity index (χ1v) is 16.9. The molecule has 2 aliphatic rings. The van der Waals surface area contributed by atoms with E-state index in [1.807, 2.05) is 18.5 Å². The van der Waals surface area contributed by atoms with E-state index in [1.165, 1.54) is 54.6 Å². The van der Waals surface area contributed by atoms with Crippen LogP contribution >= 0.6 is 0 Å². The molecule has 1 aliphatic carbocycles. The zero-order chi connectivity index (χ0) is 31.6. The van der Waals surface area contributed by atoms with E-state index in [1.54, 1.807) is 0 Å². The molecule has 3 atom stereocenters. The number of aliphatic imine (C=N–C) groups is 1. The number of nitrogens with zero attached hydrogens (tertiary/aromatic N) is 2. The van der Waals surface area contributed by atoms with Gasteiger partial charge in [0.2, 0.25) is 0 Å². The van der Waals surface area contributed by atoms with Crippen molar-refractivity contribution >= 4 is 38.5 Å². The second kappa shape index (κ2) is 12.8. The van der Waals surface area contributed by atoms with Gasteiger partial charge in [-0.05, 0) is 91.9 Å². The summed E-state index contributed by atoms with van der Waals surface area (Å²) in [5, 5.41) is 7.78. The largest absolute Gasteiger partial charge is 0.283 e. The van der Waals surface area contributed by atoms with Gasteiger partial charge in [0.1, 0.15) is 0 Å². The average Bonchev–Trinajstić information content (AvgIpc) is 3.14. The second-order valence-electron chi connectivity index (χ2n) is 12.8. The summed E-state index contributed by atoms with van der Waals surface area (Å²) in [7, 11) is 0. The van der Waals surface area contributed by atoms with Crippen molar-refractivity contribution < 1.29 is 0 Å². The maximum absolute atomic E-state index is 4.87. The quantitative estimate of drug-likeness (QED) is 0.145. The lowest BCUT2D eigenvalue weighted by Crippen LogP contribution is -2.01. The van der Waals surface area contributed by atoms with Crippen LogP contribution in [0.1, 0.15) is 49.4 Å². The SMILES string of the molecule is CC1C=CC(c2c3ccccc3c(-c3ccc(-c4ccc(C5CC=CC=N5)nc4)c4ccccc34)c3ccccc23)CC/C=C\C=C/1. The van der Waals surface area contributed by atoms with Gasteiger partial charge >= 0.3 is 0 Å². The first kappa shape index (κ1) is 29.1. The van der Waals surface area contributed by atoms with Crippen molar-refractivity contribution in [3.63, 3.8) is 0 Å². The summed E-state index contributed by atoms with van der Waals surface area (Å²) >= 11 is 0. The Labute approximate surface area is 277 Å². The number of dihydropyridines is 1. The van der Waals surface area contributed by atoms with Crippen LogP contribution < -0.4 is 0 Å². The fourth-order valence-electron chi connectivity index (χ4n) is 7.46. The molecule has 1 aliphatic heterocycles. The zero-order valence-corrected chi connectivity index (χ0v) is 26.8. The minimum Gasteiger partial charge on any atom is -0.283 e. The van der Waals surface area contributed by atoms with Crippen LogP contribution in [0.5, 0.6) is 0 Å². The predicted molar refractivity (Wildman–Crippen MR) is 201 cm³/mol. The Morgan fingerprint density at radius 3 is 1.96 bits per heavy atom. The van der Waals surface area contributed by atoms with Gasteiger partial charge in [-0.25, -0.2) is 0 Å². The topological polar surface area (TPSA) is 25.2 Å². The van der Waals surface area contributed by atoms with Crippen molar-refractivity contribution in [2.75, 3.05) is 0 Å². The van der Waals surface area contributed by atoms with Gasteiger partial charge in [0.25, 0.3) is 0 Å². The minimum absolute atomic E-state index is 0.0984. The molecule has 1 aromatic heterocycles. The molecule has 2 nitrogen and oxygen atoms in total. The normalized spacial score (nSPS) is 20.9. The van der Waals surface area contributed by atoms with Gasteiger partial charge in [-0.3, -0.25) is 9.98 Å². The molecule has 3 unspecified atom stereocenters. The third kappa shape index (κ3) is 5.55. The molecule has 0 N–H and O–H groups in total. The Balaban J connectivity index is 1.31. The fraction of sp³-hybridized carbons (Fsp3) is 0.156. The Bertz CT molecular complexity index is 2190. The lowest BCUT2D eigenvalue weighted by molar-refractivity contribution is 0.714. The standard InChI is InChI=1S/C45H38N2/c1-31-14-4-2-3-5-15-32(24-23-31)44-37-18-8-10-20-39(37)45(40-21-11-9-19-38(40)44)41-27-26-34(35-16-6-7-17-36(35)41)33-25-28-43(47-30-33)42-22-12-13-29-46-42/h2-4,6-14,16-21,23-32,42H,5,15,22H2,1H3/b3-2-,14-4-,24-23?. The van der Waals surface area contributed by atoms with Crippen LogP contribution in [0.15, 0.2) is 157 Å². The third-order valence-corrected chi connectivity index (χ3v) is 9.78. The molecule has 6 aromatic rings. The van der Waals surface area contributed by atoms with Crippen LogP contribution in [0, 0.1) is 5.92 Å². The molecule has 0 fully saturated rings. The summed E-state index contributed by atoms with van der Waals surface area (Å²) in [5.41, 5.74) is 7.34. The van der Waals surface area contributed by atoms with E-state index in [2.05, 4.69) is 152 Å². The summed E-state index contributed by atoms with van der Waals surface area (Å²) in [4.78, 5) is 9.49. The van der Waals surface area contributed by atoms with Crippen molar-refractivity contribution in [2.24, 2.45) is 10.9 Å². The molecule has 0 amide bonds. The van der Waals surface area contributed by atoms with Crippen LogP contribution in [0.25, 0.3) is 54.6 Å². The first-order valence-electron chi connectivity index (χ1n) is 16.9. The smallest absolute Gasteiger partial charge is 0.0953 e. The summed E-state index contributed by atoms with van der Waals surface area (Å²) < 4.78 is 0. The van der Waals surface area contributed by atoms with E-state index < -0.39 is 0 Å². The van der Waals surface area contributed by atoms with Crippen LogP contribution in [0.3, 0.4) is 0 Å². The van der Waals surface area contributed by atoms with E-state index in [0.29, 0.717) is 11.8 Å². The van der Waals surface area contributed by atoms with Crippen molar-refractivity contribution in [2.45, 2.75) is 38.1 Å². The Morgan fingerprint density at radius 2 is 1.28 bits per heavy atom. The Kier molecular flexibility index (Phi) is 7.93. The van der Waals surface area contributed by atoms with Gasteiger partial charge in [0, 0.05) is 23.9 Å². The highest BCUT2D eigenvalue weighted by molar-refractivity contribution is 6.19. The summed E-state index contributed by atoms with van der Waals surface area (Å²) in [5.74, 6) is 0.716. The fourth-order valence-corrected chi connectivity index (χ4v) is 7.46. The second-order valence-corrected chi connectivity index (χ2v) is 12.8. The van der Waals surface area contributed by atoms with Gasteiger partial charge in [-0.1, -0.05) is 140 Å². The molecular formula is C45H38N2. The number of fused-ring (bicyclic) bond motifs is 3. The molecule has 5 aromatic carbocycles. The first-order chi connectivity index (χ1) is 23.3. The van der Waals surface area contributed by atoms with Crippen molar-refractivity contribution in [1.29, 1.82) is 0 Å². The number of allylic oxidation sites excluding steroid dienone is 7. The van der Waals surface area contributed by atoms with Crippen LogP contribution in [0.2, 0.25) is 0 Å². The van der Waals surface area contributed by atoms with E-state index in [0.717, 1.165) is 30.5 Å². The molecule has 0 saturated heterocycles. The minimum atomic E-state index is 0.0984. The molecular weight excluding hydrogens is 569 g/mol. The van der Waals surface area contributed by atoms with E-state index in [9.17, 15) is 0 Å². The molecule has 0 saturated carbocycles. The summed E-state index contributed by atoms with van der Waals surface area (Å²) in [6.45, 7) is 2.26. The molecule has 2 heterocycles. The van der Waals surface area contributed by atoms with Crippen LogP contribution in [-0.2, 0) is 0 Å². The number of hydrogen-bond donors (Lipinski definition) is 0. The monoisotopic (exact) mass is 606 g/mol. The summed E-state index contributed by atoms with van der Waals surface area (Å²) in [6, 6.07) is 36.0. The lowest BCUT2D eigenvalue weighted by Gasteiger charge is -2.23. The Morgan fingerprint density at radius 1 is 0.596 bits per heavy atom. The van der Waals surface area contributed by atoms with Gasteiger partial charge in [-0.2, -0.15) is 0 Å². The van der Waals surface area contributed by atoms with Crippen molar-refractivity contribution in [3.05, 3.63) is 163 Å². The highest BCUT2D eigenvalue weighted by atomic mass is 14.8. The number of hydrogen-bond acceptors (Lipinski definition) is 2. The van der Waals surface area contributed by atoms with Gasteiger partial charge in [-0.15, -0.1) is 0 Å². The summed E-state index contributed by atoms with van der Waals surface area (Å²) in [6.07, 6.45) is 24.9. The number of aromatic nitrogens is 1. The van der Waals surface area contributed by atoms with Gasteiger partial charge in [0.15, 0.2) is 0 Å². The molecule has 2 heteroatoms. The molecule has 8 rings (SSSR count). The van der Waals surface area contributed by atoms with Crippen LogP contribution in [0.4, 0.5) is 0 Å². The lowest BCUT2D eigenvalue weighted by atomic mass is 9.80. The molecule has 47 heavy (non-hydrogen) atoms. The number of pyridine rings is 1. The Hall–Kier alpha value is -5.34. The highest BCUT2D eigenvalue weighted by Crippen LogP contribution is 2.46. The molecule has 0 radical (unpaired) electrons. The highest BCUT2D eigenvalue weighted by Gasteiger charge is 2.22. The maximum Gasteiger partial charge on any atom is 0.0953 e. The van der Waals surface area contributed by atoms with E-state index in [-0.39, 0.29) is 6.04 Å². The van der Waals surface area contributed by atoms with Gasteiger partial charge in [0.05, 0.1) is 11.7 Å². The number of benzene rings is 5. The van der Waals surface area contributed by atoms with E-state index in [4.69, 9.17) is 4.98 Å². The predicted octanol–water partition coefficient (Wildman–Crippen LogP) is 12.1. The van der Waals surface area contributed by atoms with Gasteiger partial charge < -0.3 is 0 Å².